The number of aliphatic imine (C=N–C) groups is 1. The van der Waals surface area contributed by atoms with Gasteiger partial charge < -0.3 is 4.98 Å². The van der Waals surface area contributed by atoms with E-state index in [1.165, 1.54) is 17.0 Å². The van der Waals surface area contributed by atoms with Gasteiger partial charge in [0.2, 0.25) is 0 Å². The quantitative estimate of drug-likeness (QED) is 0.555. The third-order valence-corrected chi connectivity index (χ3v) is 1.93. The Morgan fingerprint density at radius 3 is 3.30 bits per heavy atom. The van der Waals surface area contributed by atoms with Crippen LogP contribution in [0.1, 0.15) is 18.2 Å². The highest BCUT2D eigenvalue weighted by molar-refractivity contribution is 6.00. The molecular formula is C8H10N2. The van der Waals surface area contributed by atoms with Crippen molar-refractivity contribution >= 4 is 5.71 Å². The van der Waals surface area contributed by atoms with E-state index in [-0.39, 0.29) is 0 Å². The molecule has 0 aliphatic carbocycles. The zero-order valence-electron chi connectivity index (χ0n) is 6.02. The van der Waals surface area contributed by atoms with Crippen LogP contribution in [0, 0.1) is 0 Å². The lowest BCUT2D eigenvalue weighted by Gasteiger charge is -2.07. The van der Waals surface area contributed by atoms with E-state index in [1.54, 1.807) is 0 Å². The number of aromatic amines is 1. The summed E-state index contributed by atoms with van der Waals surface area (Å²) in [6.45, 7) is 3.01. The van der Waals surface area contributed by atoms with Gasteiger partial charge >= 0.3 is 0 Å². The van der Waals surface area contributed by atoms with Gasteiger partial charge in [-0.3, -0.25) is 4.99 Å². The van der Waals surface area contributed by atoms with E-state index >= 15 is 0 Å². The SMILES string of the molecule is CC1=NCCc2[nH]ccc21. The van der Waals surface area contributed by atoms with E-state index in [4.69, 9.17) is 0 Å². The molecule has 0 saturated heterocycles. The fourth-order valence-corrected chi connectivity index (χ4v) is 1.37. The van der Waals surface area contributed by atoms with Crippen molar-refractivity contribution in [1.82, 2.24) is 4.98 Å². The first-order valence-corrected chi connectivity index (χ1v) is 3.55. The minimum Gasteiger partial charge on any atom is -0.364 e. The van der Waals surface area contributed by atoms with Gasteiger partial charge in [-0.2, -0.15) is 0 Å². The maximum Gasteiger partial charge on any atom is 0.0447 e. The summed E-state index contributed by atoms with van der Waals surface area (Å²) in [6.07, 6.45) is 3.05. The smallest absolute Gasteiger partial charge is 0.0447 e. The molecule has 1 aliphatic rings. The minimum absolute atomic E-state index is 0.944. The second-order valence-electron chi connectivity index (χ2n) is 2.59. The van der Waals surface area contributed by atoms with Crippen molar-refractivity contribution in [3.8, 4) is 0 Å². The molecule has 0 radical (unpaired) electrons. The third-order valence-electron chi connectivity index (χ3n) is 1.93. The fourth-order valence-electron chi connectivity index (χ4n) is 1.37. The molecule has 2 rings (SSSR count). The Morgan fingerprint density at radius 1 is 1.60 bits per heavy atom. The van der Waals surface area contributed by atoms with Crippen LogP contribution in [0.5, 0.6) is 0 Å². The summed E-state index contributed by atoms with van der Waals surface area (Å²) in [5.41, 5.74) is 3.81. The molecule has 2 nitrogen and oxygen atoms in total. The zero-order valence-corrected chi connectivity index (χ0v) is 6.02. The molecule has 0 aromatic carbocycles. The molecule has 2 heteroatoms. The lowest BCUT2D eigenvalue weighted by Crippen LogP contribution is -2.07. The summed E-state index contributed by atoms with van der Waals surface area (Å²) in [5, 5.41) is 0. The van der Waals surface area contributed by atoms with E-state index in [2.05, 4.69) is 23.0 Å². The number of H-pyrrole nitrogens is 1. The second-order valence-corrected chi connectivity index (χ2v) is 2.59. The molecule has 0 bridgehead atoms. The van der Waals surface area contributed by atoms with Gasteiger partial charge in [-0.25, -0.2) is 0 Å². The highest BCUT2D eigenvalue weighted by Gasteiger charge is 2.09. The van der Waals surface area contributed by atoms with Gasteiger partial charge in [0, 0.05) is 36.1 Å². The maximum absolute atomic E-state index is 4.34. The lowest BCUT2D eigenvalue weighted by atomic mass is 10.1. The summed E-state index contributed by atoms with van der Waals surface area (Å²) in [6, 6.07) is 2.09. The number of nitrogens with one attached hydrogen (secondary N) is 1. The minimum atomic E-state index is 0.944. The molecule has 0 fully saturated rings. The van der Waals surface area contributed by atoms with Crippen LogP contribution in [0.4, 0.5) is 0 Å². The van der Waals surface area contributed by atoms with Crippen molar-refractivity contribution in [2.75, 3.05) is 6.54 Å². The number of hydrogen-bond acceptors (Lipinski definition) is 1. The molecule has 0 unspecified atom stereocenters. The Morgan fingerprint density at radius 2 is 2.50 bits per heavy atom. The second kappa shape index (κ2) is 1.97. The van der Waals surface area contributed by atoms with Crippen LogP contribution in [0.2, 0.25) is 0 Å². The summed E-state index contributed by atoms with van der Waals surface area (Å²) < 4.78 is 0. The molecule has 1 aromatic rings. The monoisotopic (exact) mass is 134 g/mol. The average molecular weight is 134 g/mol. The largest absolute Gasteiger partial charge is 0.364 e. The Bertz CT molecular complexity index is 271. The molecule has 0 spiro atoms. The van der Waals surface area contributed by atoms with Crippen molar-refractivity contribution in [2.24, 2.45) is 4.99 Å². The number of nitrogens with zero attached hydrogens (tertiary/aromatic N) is 1. The van der Waals surface area contributed by atoms with Crippen molar-refractivity contribution in [1.29, 1.82) is 0 Å². The van der Waals surface area contributed by atoms with Crippen LogP contribution < -0.4 is 0 Å². The van der Waals surface area contributed by atoms with Gasteiger partial charge in [0.15, 0.2) is 0 Å². The van der Waals surface area contributed by atoms with Crippen molar-refractivity contribution in [3.63, 3.8) is 0 Å². The molecule has 0 amide bonds. The normalized spacial score (nSPS) is 16.3. The highest BCUT2D eigenvalue weighted by Crippen LogP contribution is 2.13. The van der Waals surface area contributed by atoms with Crippen LogP contribution >= 0.6 is 0 Å². The summed E-state index contributed by atoms with van der Waals surface area (Å²) in [7, 11) is 0. The number of hydrogen-bond donors (Lipinski definition) is 1. The van der Waals surface area contributed by atoms with Crippen LogP contribution in [0.25, 0.3) is 0 Å². The van der Waals surface area contributed by atoms with E-state index in [9.17, 15) is 0 Å². The van der Waals surface area contributed by atoms with Crippen LogP contribution in [0.3, 0.4) is 0 Å². The summed E-state index contributed by atoms with van der Waals surface area (Å²) in [5.74, 6) is 0. The van der Waals surface area contributed by atoms with Crippen molar-refractivity contribution < 1.29 is 0 Å². The van der Waals surface area contributed by atoms with Gasteiger partial charge in [-0.1, -0.05) is 0 Å². The first-order chi connectivity index (χ1) is 4.88. The first kappa shape index (κ1) is 5.71. The molecule has 1 N–H and O–H groups in total. The zero-order chi connectivity index (χ0) is 6.97. The van der Waals surface area contributed by atoms with Gasteiger partial charge in [0.25, 0.3) is 0 Å². The predicted molar refractivity (Wildman–Crippen MR) is 41.6 cm³/mol. The lowest BCUT2D eigenvalue weighted by molar-refractivity contribution is 0.912. The average Bonchev–Trinajstić information content (AvgIpc) is 2.36. The van der Waals surface area contributed by atoms with Crippen molar-refractivity contribution in [3.05, 3.63) is 23.5 Å². The molecule has 52 valence electrons. The number of aromatic nitrogens is 1. The molecule has 0 saturated carbocycles. The fraction of sp³-hybridized carbons (Fsp3) is 0.375. The summed E-state index contributed by atoms with van der Waals surface area (Å²) in [4.78, 5) is 7.55. The number of rotatable bonds is 0. The van der Waals surface area contributed by atoms with E-state index < -0.39 is 0 Å². The van der Waals surface area contributed by atoms with E-state index in [0.29, 0.717) is 0 Å². The Hall–Kier alpha value is -1.05. The van der Waals surface area contributed by atoms with Crippen molar-refractivity contribution in [2.45, 2.75) is 13.3 Å². The Labute approximate surface area is 60.0 Å². The Balaban J connectivity index is 2.55. The van der Waals surface area contributed by atoms with Crippen LogP contribution in [-0.2, 0) is 6.42 Å². The summed E-state index contributed by atoms with van der Waals surface area (Å²) >= 11 is 0. The topological polar surface area (TPSA) is 28.1 Å². The van der Waals surface area contributed by atoms with Crippen LogP contribution in [-0.4, -0.2) is 17.2 Å². The van der Waals surface area contributed by atoms with Gasteiger partial charge in [0.05, 0.1) is 0 Å². The third kappa shape index (κ3) is 0.685. The van der Waals surface area contributed by atoms with Gasteiger partial charge in [0.1, 0.15) is 0 Å². The maximum atomic E-state index is 4.34. The van der Waals surface area contributed by atoms with E-state index in [1.807, 2.05) is 6.20 Å². The molecule has 1 aromatic heterocycles. The molecule has 0 atom stereocenters. The predicted octanol–water partition coefficient (Wildman–Crippen LogP) is 1.38. The molecule has 1 aliphatic heterocycles. The van der Waals surface area contributed by atoms with E-state index in [0.717, 1.165) is 13.0 Å². The van der Waals surface area contributed by atoms with Gasteiger partial charge in [-0.15, -0.1) is 0 Å². The van der Waals surface area contributed by atoms with Crippen LogP contribution in [0.15, 0.2) is 17.3 Å². The number of fused-ring (bicyclic) bond motifs is 1. The molecular weight excluding hydrogens is 124 g/mol. The molecule has 10 heavy (non-hydrogen) atoms. The standard InChI is InChI=1S/C8H10N2/c1-6-7-2-4-10-8(7)3-5-9-6/h2,4,10H,3,5H2,1H3. The van der Waals surface area contributed by atoms with Gasteiger partial charge in [-0.05, 0) is 13.0 Å². The molecule has 2 heterocycles. The Kier molecular flexibility index (Phi) is 1.13. The first-order valence-electron chi connectivity index (χ1n) is 3.55. The highest BCUT2D eigenvalue weighted by atomic mass is 14.8.